The van der Waals surface area contributed by atoms with Crippen molar-refractivity contribution in [3.8, 4) is 0 Å². The fourth-order valence-corrected chi connectivity index (χ4v) is 4.71. The number of nitrogens with zero attached hydrogens (tertiary/aromatic N) is 3. The van der Waals surface area contributed by atoms with Crippen LogP contribution in [-0.4, -0.2) is 42.1 Å². The number of para-hydroxylation sites is 1. The van der Waals surface area contributed by atoms with Gasteiger partial charge in [0.2, 0.25) is 11.8 Å². The summed E-state index contributed by atoms with van der Waals surface area (Å²) in [5.41, 5.74) is 4.96. The van der Waals surface area contributed by atoms with Crippen LogP contribution in [0.2, 0.25) is 0 Å². The van der Waals surface area contributed by atoms with E-state index in [0.717, 1.165) is 29.8 Å². The molecule has 5 heteroatoms. The molecule has 4 rings (SSSR count). The monoisotopic (exact) mass is 379 g/mol. The van der Waals surface area contributed by atoms with Crippen LogP contribution in [0.25, 0.3) is 0 Å². The standard InChI is InChI=1S/C23H29N3O2/c1-15(2)21(27)25-13-23(14-25)18-9-5-6-11-20(18)26(22(23)28)12-17(4)24-19-10-7-8-16(19)3/h5-6,9,11,15H,7-8,10,12-14H2,1-4H3. The summed E-state index contributed by atoms with van der Waals surface area (Å²) in [4.78, 5) is 34.3. The molecule has 1 aromatic carbocycles. The molecule has 0 aromatic heterocycles. The van der Waals surface area contributed by atoms with Gasteiger partial charge in [-0.15, -0.1) is 0 Å². The van der Waals surface area contributed by atoms with E-state index < -0.39 is 5.41 Å². The fourth-order valence-electron chi connectivity index (χ4n) is 4.71. The predicted molar refractivity (Wildman–Crippen MR) is 112 cm³/mol. The van der Waals surface area contributed by atoms with Crippen LogP contribution in [0.4, 0.5) is 5.69 Å². The van der Waals surface area contributed by atoms with Crippen LogP contribution in [0.15, 0.2) is 40.5 Å². The summed E-state index contributed by atoms with van der Waals surface area (Å²) in [5, 5.41) is 0. The van der Waals surface area contributed by atoms with Crippen molar-refractivity contribution in [2.24, 2.45) is 10.9 Å². The first kappa shape index (κ1) is 18.9. The van der Waals surface area contributed by atoms with Gasteiger partial charge in [-0.25, -0.2) is 0 Å². The van der Waals surface area contributed by atoms with Gasteiger partial charge in [0.1, 0.15) is 5.41 Å². The van der Waals surface area contributed by atoms with Crippen LogP contribution >= 0.6 is 0 Å². The van der Waals surface area contributed by atoms with Crippen molar-refractivity contribution in [1.82, 2.24) is 4.90 Å². The molecular weight excluding hydrogens is 350 g/mol. The van der Waals surface area contributed by atoms with E-state index in [-0.39, 0.29) is 17.7 Å². The minimum Gasteiger partial charge on any atom is -0.339 e. The lowest BCUT2D eigenvalue weighted by molar-refractivity contribution is -0.146. The second kappa shape index (κ2) is 6.87. The zero-order valence-corrected chi connectivity index (χ0v) is 17.3. The van der Waals surface area contributed by atoms with Crippen molar-refractivity contribution < 1.29 is 9.59 Å². The highest BCUT2D eigenvalue weighted by Gasteiger charge is 2.59. The Hall–Kier alpha value is -2.43. The smallest absolute Gasteiger partial charge is 0.241 e. The zero-order valence-electron chi connectivity index (χ0n) is 17.3. The molecule has 2 amide bonds. The molecule has 1 fully saturated rings. The Morgan fingerprint density at radius 3 is 2.57 bits per heavy atom. The maximum absolute atomic E-state index is 13.5. The lowest BCUT2D eigenvalue weighted by atomic mass is 9.74. The molecule has 2 aliphatic heterocycles. The number of carbonyl (C=O) groups is 2. The molecule has 2 heterocycles. The first-order chi connectivity index (χ1) is 13.3. The van der Waals surface area contributed by atoms with Gasteiger partial charge in [0.15, 0.2) is 0 Å². The van der Waals surface area contributed by atoms with E-state index in [2.05, 4.69) is 6.92 Å². The zero-order chi connectivity index (χ0) is 20.1. The number of aliphatic imine (C=N–C) groups is 1. The van der Waals surface area contributed by atoms with Crippen molar-refractivity contribution in [3.05, 3.63) is 41.1 Å². The minimum atomic E-state index is -0.579. The average molecular weight is 380 g/mol. The van der Waals surface area contributed by atoms with E-state index in [4.69, 9.17) is 4.99 Å². The molecule has 0 saturated carbocycles. The van der Waals surface area contributed by atoms with E-state index in [1.54, 1.807) is 0 Å². The second-order valence-electron chi connectivity index (χ2n) is 8.77. The molecule has 0 unspecified atom stereocenters. The molecule has 3 aliphatic rings. The Kier molecular flexibility index (Phi) is 4.64. The Labute approximate surface area is 167 Å². The molecule has 0 N–H and O–H groups in total. The molecule has 1 saturated heterocycles. The highest BCUT2D eigenvalue weighted by atomic mass is 16.2. The van der Waals surface area contributed by atoms with Crippen LogP contribution < -0.4 is 4.90 Å². The highest BCUT2D eigenvalue weighted by Crippen LogP contribution is 2.47. The van der Waals surface area contributed by atoms with E-state index in [9.17, 15) is 9.59 Å². The summed E-state index contributed by atoms with van der Waals surface area (Å²) in [6.45, 7) is 9.45. The van der Waals surface area contributed by atoms with Gasteiger partial charge in [-0.2, -0.15) is 0 Å². The number of amides is 2. The van der Waals surface area contributed by atoms with Crippen LogP contribution in [-0.2, 0) is 15.0 Å². The summed E-state index contributed by atoms with van der Waals surface area (Å²) in [6, 6.07) is 8.02. The number of allylic oxidation sites excluding steroid dienone is 2. The molecule has 1 spiro atoms. The summed E-state index contributed by atoms with van der Waals surface area (Å²) in [6.07, 6.45) is 3.33. The topological polar surface area (TPSA) is 53.0 Å². The van der Waals surface area contributed by atoms with Gasteiger partial charge in [0, 0.05) is 36.1 Å². The number of carbonyl (C=O) groups excluding carboxylic acids is 2. The van der Waals surface area contributed by atoms with Crippen molar-refractivity contribution in [2.75, 3.05) is 24.5 Å². The van der Waals surface area contributed by atoms with Gasteiger partial charge in [-0.1, -0.05) is 37.6 Å². The van der Waals surface area contributed by atoms with Crippen LogP contribution in [0, 0.1) is 5.92 Å². The molecule has 5 nitrogen and oxygen atoms in total. The number of rotatable bonds is 4. The van der Waals surface area contributed by atoms with Gasteiger partial charge in [0.25, 0.3) is 0 Å². The molecule has 28 heavy (non-hydrogen) atoms. The minimum absolute atomic E-state index is 0.0440. The maximum Gasteiger partial charge on any atom is 0.241 e. The second-order valence-corrected chi connectivity index (χ2v) is 8.77. The van der Waals surface area contributed by atoms with Crippen LogP contribution in [0.3, 0.4) is 0 Å². The fraction of sp³-hybridized carbons (Fsp3) is 0.522. The molecule has 1 aromatic rings. The third kappa shape index (κ3) is 2.88. The van der Waals surface area contributed by atoms with Crippen LogP contribution in [0.1, 0.15) is 52.5 Å². The Morgan fingerprint density at radius 2 is 1.93 bits per heavy atom. The summed E-state index contributed by atoms with van der Waals surface area (Å²) >= 11 is 0. The van der Waals surface area contributed by atoms with Gasteiger partial charge in [0.05, 0.1) is 6.54 Å². The average Bonchev–Trinajstić information content (AvgIpc) is 3.13. The molecule has 0 bridgehead atoms. The first-order valence-corrected chi connectivity index (χ1v) is 10.3. The molecular formula is C23H29N3O2. The SMILES string of the molecule is CC(CN1C(=O)C2(CN(C(=O)C(C)C)C2)c2ccccc21)=NC1=C(C)CCC1. The third-order valence-corrected chi connectivity index (χ3v) is 6.26. The third-order valence-electron chi connectivity index (χ3n) is 6.26. The highest BCUT2D eigenvalue weighted by molar-refractivity contribution is 6.12. The summed E-state index contributed by atoms with van der Waals surface area (Å²) in [5.74, 6) is 0.182. The van der Waals surface area contributed by atoms with E-state index in [1.807, 2.05) is 54.8 Å². The van der Waals surface area contributed by atoms with Gasteiger partial charge < -0.3 is 9.80 Å². The van der Waals surface area contributed by atoms with E-state index in [1.165, 1.54) is 17.7 Å². The number of anilines is 1. The van der Waals surface area contributed by atoms with Gasteiger partial charge >= 0.3 is 0 Å². The largest absolute Gasteiger partial charge is 0.339 e. The lowest BCUT2D eigenvalue weighted by Gasteiger charge is -2.47. The number of hydrogen-bond acceptors (Lipinski definition) is 3. The number of fused-ring (bicyclic) bond motifs is 2. The van der Waals surface area contributed by atoms with Gasteiger partial charge in [-0.05, 0) is 44.7 Å². The van der Waals surface area contributed by atoms with Gasteiger partial charge in [-0.3, -0.25) is 14.6 Å². The Bertz CT molecular complexity index is 891. The summed E-state index contributed by atoms with van der Waals surface area (Å²) < 4.78 is 0. The normalized spacial score (nSPS) is 21.0. The molecule has 1 aliphatic carbocycles. The Morgan fingerprint density at radius 1 is 1.21 bits per heavy atom. The summed E-state index contributed by atoms with van der Waals surface area (Å²) in [7, 11) is 0. The lowest BCUT2D eigenvalue weighted by Crippen LogP contribution is -2.66. The number of hydrogen-bond donors (Lipinski definition) is 0. The predicted octanol–water partition coefficient (Wildman–Crippen LogP) is 3.69. The van der Waals surface area contributed by atoms with E-state index >= 15 is 0 Å². The quantitative estimate of drug-likeness (QED) is 0.749. The maximum atomic E-state index is 13.5. The molecule has 148 valence electrons. The van der Waals surface area contributed by atoms with Crippen molar-refractivity contribution in [2.45, 2.75) is 52.4 Å². The van der Waals surface area contributed by atoms with Crippen molar-refractivity contribution >= 4 is 23.2 Å². The van der Waals surface area contributed by atoms with Crippen molar-refractivity contribution in [3.63, 3.8) is 0 Å². The Balaban J connectivity index is 1.59. The molecule has 0 atom stereocenters. The molecule has 0 radical (unpaired) electrons. The number of benzene rings is 1. The van der Waals surface area contributed by atoms with Crippen LogP contribution in [0.5, 0.6) is 0 Å². The number of likely N-dealkylation sites (tertiary alicyclic amines) is 1. The van der Waals surface area contributed by atoms with E-state index in [0.29, 0.717) is 19.6 Å². The first-order valence-electron chi connectivity index (χ1n) is 10.3. The van der Waals surface area contributed by atoms with Crippen molar-refractivity contribution in [1.29, 1.82) is 0 Å².